The van der Waals surface area contributed by atoms with Crippen molar-refractivity contribution in [2.75, 3.05) is 14.2 Å². The van der Waals surface area contributed by atoms with E-state index in [1.807, 2.05) is 0 Å². The van der Waals surface area contributed by atoms with E-state index < -0.39 is 11.9 Å². The van der Waals surface area contributed by atoms with Gasteiger partial charge in [-0.25, -0.2) is 4.79 Å². The SMILES string of the molecule is COC(C)(OC)Oc1cccc(C(=O)O)c1. The van der Waals surface area contributed by atoms with Crippen molar-refractivity contribution < 1.29 is 24.1 Å². The number of methoxy groups -OCH3 is 2. The molecule has 0 fully saturated rings. The lowest BCUT2D eigenvalue weighted by Gasteiger charge is -2.26. The molecule has 88 valence electrons. The van der Waals surface area contributed by atoms with Gasteiger partial charge in [0.15, 0.2) is 0 Å². The number of benzene rings is 1. The zero-order chi connectivity index (χ0) is 12.2. The third-order valence-corrected chi connectivity index (χ3v) is 2.13. The van der Waals surface area contributed by atoms with Crippen LogP contribution in [0.2, 0.25) is 0 Å². The van der Waals surface area contributed by atoms with Crippen LogP contribution in [-0.2, 0) is 9.47 Å². The molecule has 0 saturated heterocycles. The lowest BCUT2D eigenvalue weighted by Crippen LogP contribution is -2.36. The van der Waals surface area contributed by atoms with Gasteiger partial charge in [0.05, 0.1) is 5.56 Å². The van der Waals surface area contributed by atoms with Crippen LogP contribution in [0.1, 0.15) is 17.3 Å². The fourth-order valence-electron chi connectivity index (χ4n) is 1.07. The van der Waals surface area contributed by atoms with Gasteiger partial charge in [-0.15, -0.1) is 0 Å². The van der Waals surface area contributed by atoms with E-state index in [1.165, 1.54) is 26.4 Å². The molecule has 0 aliphatic rings. The van der Waals surface area contributed by atoms with E-state index in [0.29, 0.717) is 5.75 Å². The molecule has 0 amide bonds. The normalized spacial score (nSPS) is 11.2. The second-order valence-electron chi connectivity index (χ2n) is 3.21. The van der Waals surface area contributed by atoms with Crippen molar-refractivity contribution >= 4 is 5.97 Å². The molecule has 0 aliphatic carbocycles. The van der Waals surface area contributed by atoms with Crippen molar-refractivity contribution in [1.29, 1.82) is 0 Å². The van der Waals surface area contributed by atoms with Gasteiger partial charge in [-0.1, -0.05) is 6.07 Å². The second-order valence-corrected chi connectivity index (χ2v) is 3.21. The zero-order valence-electron chi connectivity index (χ0n) is 9.39. The van der Waals surface area contributed by atoms with Gasteiger partial charge >= 0.3 is 11.9 Å². The average Bonchev–Trinajstić information content (AvgIpc) is 2.29. The monoisotopic (exact) mass is 226 g/mol. The van der Waals surface area contributed by atoms with E-state index in [2.05, 4.69) is 0 Å². The van der Waals surface area contributed by atoms with Crippen LogP contribution in [0.5, 0.6) is 5.75 Å². The van der Waals surface area contributed by atoms with E-state index in [-0.39, 0.29) is 5.56 Å². The second kappa shape index (κ2) is 4.96. The number of ether oxygens (including phenoxy) is 3. The number of rotatable bonds is 5. The molecule has 0 heterocycles. The number of carboxylic acids is 1. The summed E-state index contributed by atoms with van der Waals surface area (Å²) in [7, 11) is 2.87. The Hall–Kier alpha value is -1.59. The molecule has 0 bridgehead atoms. The molecule has 1 N–H and O–H groups in total. The molecule has 0 unspecified atom stereocenters. The molecule has 0 spiro atoms. The lowest BCUT2D eigenvalue weighted by atomic mass is 10.2. The molecule has 1 aromatic carbocycles. The van der Waals surface area contributed by atoms with Gasteiger partial charge in [0.2, 0.25) is 0 Å². The molecule has 0 radical (unpaired) electrons. The lowest BCUT2D eigenvalue weighted by molar-refractivity contribution is -0.309. The summed E-state index contributed by atoms with van der Waals surface area (Å²) < 4.78 is 15.4. The quantitative estimate of drug-likeness (QED) is 0.774. The van der Waals surface area contributed by atoms with Crippen molar-refractivity contribution in [1.82, 2.24) is 0 Å². The Balaban J connectivity index is 2.89. The van der Waals surface area contributed by atoms with Gasteiger partial charge in [-0.05, 0) is 18.2 Å². The standard InChI is InChI=1S/C11H14O5/c1-11(14-2,15-3)16-9-6-4-5-8(7-9)10(12)13/h4-7H,1-3H3,(H,12,13). The first-order chi connectivity index (χ1) is 7.50. The molecular weight excluding hydrogens is 212 g/mol. The van der Waals surface area contributed by atoms with E-state index in [9.17, 15) is 4.79 Å². The van der Waals surface area contributed by atoms with Crippen molar-refractivity contribution in [2.24, 2.45) is 0 Å². The molecule has 0 atom stereocenters. The van der Waals surface area contributed by atoms with Gasteiger partial charge in [-0.2, -0.15) is 0 Å². The molecule has 0 aromatic heterocycles. The van der Waals surface area contributed by atoms with Gasteiger partial charge in [0.25, 0.3) is 0 Å². The van der Waals surface area contributed by atoms with Crippen LogP contribution in [0.4, 0.5) is 0 Å². The van der Waals surface area contributed by atoms with Gasteiger partial charge < -0.3 is 19.3 Å². The summed E-state index contributed by atoms with van der Waals surface area (Å²) in [5.41, 5.74) is 0.145. The average molecular weight is 226 g/mol. The molecule has 5 nitrogen and oxygen atoms in total. The van der Waals surface area contributed by atoms with E-state index in [0.717, 1.165) is 0 Å². The smallest absolute Gasteiger partial charge is 0.335 e. The minimum Gasteiger partial charge on any atom is -0.478 e. The van der Waals surface area contributed by atoms with Crippen LogP contribution in [0.15, 0.2) is 24.3 Å². The minimum absolute atomic E-state index is 0.145. The Morgan fingerprint density at radius 1 is 1.31 bits per heavy atom. The molecule has 1 rings (SSSR count). The van der Waals surface area contributed by atoms with Crippen molar-refractivity contribution in [2.45, 2.75) is 12.9 Å². The Labute approximate surface area is 93.6 Å². The maximum absolute atomic E-state index is 10.7. The van der Waals surface area contributed by atoms with E-state index in [4.69, 9.17) is 19.3 Å². The first kappa shape index (κ1) is 12.5. The zero-order valence-corrected chi connectivity index (χ0v) is 9.39. The summed E-state index contributed by atoms with van der Waals surface area (Å²) in [6.07, 6.45) is 0. The first-order valence-corrected chi connectivity index (χ1v) is 4.63. The summed E-state index contributed by atoms with van der Waals surface area (Å²) in [4.78, 5) is 10.7. The highest BCUT2D eigenvalue weighted by Gasteiger charge is 2.25. The van der Waals surface area contributed by atoms with Crippen LogP contribution < -0.4 is 4.74 Å². The Morgan fingerprint density at radius 2 is 1.94 bits per heavy atom. The van der Waals surface area contributed by atoms with E-state index >= 15 is 0 Å². The molecular formula is C11H14O5. The highest BCUT2D eigenvalue weighted by molar-refractivity contribution is 5.87. The summed E-state index contributed by atoms with van der Waals surface area (Å²) >= 11 is 0. The van der Waals surface area contributed by atoms with Crippen LogP contribution in [0, 0.1) is 0 Å². The topological polar surface area (TPSA) is 65.0 Å². The first-order valence-electron chi connectivity index (χ1n) is 4.63. The van der Waals surface area contributed by atoms with Gasteiger partial charge in [-0.3, -0.25) is 0 Å². The minimum atomic E-state index is -1.23. The fourth-order valence-corrected chi connectivity index (χ4v) is 1.07. The molecule has 1 aromatic rings. The highest BCUT2D eigenvalue weighted by Crippen LogP contribution is 2.20. The third kappa shape index (κ3) is 2.95. The predicted molar refractivity (Wildman–Crippen MR) is 56.5 cm³/mol. The Morgan fingerprint density at radius 3 is 2.44 bits per heavy atom. The Bertz CT molecular complexity index is 370. The summed E-state index contributed by atoms with van der Waals surface area (Å²) in [5, 5.41) is 8.80. The van der Waals surface area contributed by atoms with Crippen molar-refractivity contribution in [3.05, 3.63) is 29.8 Å². The number of hydrogen-bond donors (Lipinski definition) is 1. The third-order valence-electron chi connectivity index (χ3n) is 2.13. The maximum Gasteiger partial charge on any atom is 0.335 e. The largest absolute Gasteiger partial charge is 0.478 e. The number of carboxylic acid groups (broad SMARTS) is 1. The number of aromatic carboxylic acids is 1. The maximum atomic E-state index is 10.7. The molecule has 0 saturated carbocycles. The molecule has 5 heteroatoms. The van der Waals surface area contributed by atoms with Crippen LogP contribution in [0.25, 0.3) is 0 Å². The van der Waals surface area contributed by atoms with Crippen LogP contribution in [-0.4, -0.2) is 31.3 Å². The predicted octanol–water partition coefficient (Wildman–Crippen LogP) is 1.73. The highest BCUT2D eigenvalue weighted by atomic mass is 16.9. The molecule has 0 aliphatic heterocycles. The van der Waals surface area contributed by atoms with Gasteiger partial charge in [0, 0.05) is 21.1 Å². The summed E-state index contributed by atoms with van der Waals surface area (Å²) in [6.45, 7) is 1.58. The van der Waals surface area contributed by atoms with Gasteiger partial charge in [0.1, 0.15) is 5.75 Å². The van der Waals surface area contributed by atoms with Crippen molar-refractivity contribution in [3.63, 3.8) is 0 Å². The number of hydrogen-bond acceptors (Lipinski definition) is 4. The van der Waals surface area contributed by atoms with E-state index in [1.54, 1.807) is 19.1 Å². The summed E-state index contributed by atoms with van der Waals surface area (Å²) in [6, 6.07) is 6.10. The van der Waals surface area contributed by atoms with Crippen LogP contribution in [0.3, 0.4) is 0 Å². The van der Waals surface area contributed by atoms with Crippen LogP contribution >= 0.6 is 0 Å². The molecule has 16 heavy (non-hydrogen) atoms. The number of carbonyl (C=O) groups is 1. The fraction of sp³-hybridized carbons (Fsp3) is 0.364. The Kier molecular flexibility index (Phi) is 3.87. The summed E-state index contributed by atoms with van der Waals surface area (Å²) in [5.74, 6) is -1.87. The van der Waals surface area contributed by atoms with Crippen molar-refractivity contribution in [3.8, 4) is 5.75 Å².